The highest BCUT2D eigenvalue weighted by molar-refractivity contribution is 7.15. The minimum Gasteiger partial charge on any atom is -0.302 e. The molecule has 0 aromatic carbocycles. The Hall–Kier alpha value is -2.20. The van der Waals surface area contributed by atoms with E-state index in [0.717, 1.165) is 21.8 Å². The highest BCUT2D eigenvalue weighted by atomic mass is 32.1. The molecule has 1 amide bonds. The fraction of sp³-hybridized carbons (Fsp3) is 0.467. The molecule has 2 aromatic rings. The van der Waals surface area contributed by atoms with Gasteiger partial charge in [-0.15, -0.1) is 11.3 Å². The number of aromatic nitrogens is 3. The van der Waals surface area contributed by atoms with E-state index >= 15 is 0 Å². The molecular weight excluding hydrogens is 298 g/mol. The van der Waals surface area contributed by atoms with E-state index in [1.54, 1.807) is 6.20 Å². The van der Waals surface area contributed by atoms with Crippen LogP contribution in [0.15, 0.2) is 6.20 Å². The number of hydrogen-bond donors (Lipinski definition) is 1. The molecule has 1 N–H and O–H groups in total. The van der Waals surface area contributed by atoms with Crippen molar-refractivity contribution in [3.63, 3.8) is 0 Å². The fourth-order valence-electron chi connectivity index (χ4n) is 2.30. The molecule has 2 rings (SSSR count). The summed E-state index contributed by atoms with van der Waals surface area (Å²) in [7, 11) is 0. The largest absolute Gasteiger partial charge is 0.302 e. The monoisotopic (exact) mass is 317 g/mol. The first-order chi connectivity index (χ1) is 10.5. The maximum absolute atomic E-state index is 12.0. The molecule has 22 heavy (non-hydrogen) atoms. The molecule has 116 valence electrons. The van der Waals surface area contributed by atoms with Gasteiger partial charge in [0.2, 0.25) is 5.91 Å². The average molecular weight is 317 g/mol. The molecule has 0 aliphatic carbocycles. The lowest BCUT2D eigenvalue weighted by molar-refractivity contribution is -0.116. The minimum atomic E-state index is -0.0436. The normalized spacial score (nSPS) is 10.5. The SMILES string of the molecule is Cc1cnc(NC(=O)CCc2c(C)nn(CCC#N)c2C)s1. The number of nitrogens with zero attached hydrogens (tertiary/aromatic N) is 4. The number of anilines is 1. The zero-order chi connectivity index (χ0) is 16.1. The Kier molecular flexibility index (Phi) is 5.28. The molecule has 0 saturated heterocycles. The highest BCUT2D eigenvalue weighted by Gasteiger charge is 2.13. The lowest BCUT2D eigenvalue weighted by Crippen LogP contribution is -2.12. The summed E-state index contributed by atoms with van der Waals surface area (Å²) in [6, 6.07) is 2.12. The first kappa shape index (κ1) is 16.2. The van der Waals surface area contributed by atoms with Gasteiger partial charge in [-0.05, 0) is 32.8 Å². The van der Waals surface area contributed by atoms with Crippen molar-refractivity contribution in [3.8, 4) is 6.07 Å². The standard InChI is InChI=1S/C15H19N5OS/c1-10-9-17-15(22-10)18-14(21)6-5-13-11(2)19-20(12(13)3)8-4-7-16/h9H,4-6,8H2,1-3H3,(H,17,18,21). The van der Waals surface area contributed by atoms with Crippen molar-refractivity contribution in [2.45, 2.75) is 46.6 Å². The minimum absolute atomic E-state index is 0.0436. The van der Waals surface area contributed by atoms with Crippen LogP contribution in [0.25, 0.3) is 0 Å². The lowest BCUT2D eigenvalue weighted by atomic mass is 10.1. The van der Waals surface area contributed by atoms with Gasteiger partial charge in [0.15, 0.2) is 5.13 Å². The van der Waals surface area contributed by atoms with Crippen LogP contribution in [0.1, 0.15) is 34.7 Å². The van der Waals surface area contributed by atoms with Crippen molar-refractivity contribution in [2.75, 3.05) is 5.32 Å². The van der Waals surface area contributed by atoms with Crippen molar-refractivity contribution in [1.29, 1.82) is 5.26 Å². The molecule has 0 aliphatic rings. The number of aryl methyl sites for hydroxylation is 3. The van der Waals surface area contributed by atoms with E-state index in [0.29, 0.717) is 30.9 Å². The van der Waals surface area contributed by atoms with Crippen LogP contribution in [0.4, 0.5) is 5.13 Å². The van der Waals surface area contributed by atoms with Gasteiger partial charge in [0, 0.05) is 23.2 Å². The highest BCUT2D eigenvalue weighted by Crippen LogP contribution is 2.18. The second kappa shape index (κ2) is 7.18. The quantitative estimate of drug-likeness (QED) is 0.888. The van der Waals surface area contributed by atoms with Crippen molar-refractivity contribution in [2.24, 2.45) is 0 Å². The maximum Gasteiger partial charge on any atom is 0.226 e. The summed E-state index contributed by atoms with van der Waals surface area (Å²) < 4.78 is 1.84. The fourth-order valence-corrected chi connectivity index (χ4v) is 2.98. The number of nitrogens with one attached hydrogen (secondary N) is 1. The van der Waals surface area contributed by atoms with Crippen LogP contribution in [-0.4, -0.2) is 20.7 Å². The lowest BCUT2D eigenvalue weighted by Gasteiger charge is -2.04. The van der Waals surface area contributed by atoms with Gasteiger partial charge in [-0.1, -0.05) is 0 Å². The molecule has 0 fully saturated rings. The number of rotatable bonds is 6. The molecule has 2 heterocycles. The van der Waals surface area contributed by atoms with Gasteiger partial charge >= 0.3 is 0 Å². The Labute approximate surface area is 133 Å². The molecule has 0 radical (unpaired) electrons. The van der Waals surface area contributed by atoms with Crippen LogP contribution in [0.2, 0.25) is 0 Å². The van der Waals surface area contributed by atoms with Crippen LogP contribution < -0.4 is 5.32 Å². The second-order valence-electron chi connectivity index (χ2n) is 5.10. The zero-order valence-electron chi connectivity index (χ0n) is 13.0. The number of nitriles is 1. The number of thiazole rings is 1. The number of carbonyl (C=O) groups is 1. The van der Waals surface area contributed by atoms with Gasteiger partial charge in [-0.2, -0.15) is 10.4 Å². The summed E-state index contributed by atoms with van der Waals surface area (Å²) in [5.74, 6) is -0.0436. The molecule has 7 heteroatoms. The van der Waals surface area contributed by atoms with E-state index in [2.05, 4.69) is 21.5 Å². The summed E-state index contributed by atoms with van der Waals surface area (Å²) in [4.78, 5) is 17.2. The average Bonchev–Trinajstić information content (AvgIpc) is 2.99. The number of amides is 1. The predicted molar refractivity (Wildman–Crippen MR) is 85.7 cm³/mol. The molecule has 2 aromatic heterocycles. The molecule has 6 nitrogen and oxygen atoms in total. The van der Waals surface area contributed by atoms with Gasteiger partial charge in [-0.25, -0.2) is 4.98 Å². The van der Waals surface area contributed by atoms with Crippen molar-refractivity contribution >= 4 is 22.4 Å². The van der Waals surface area contributed by atoms with Crippen LogP contribution >= 0.6 is 11.3 Å². The number of hydrogen-bond acceptors (Lipinski definition) is 5. The third-order valence-corrected chi connectivity index (χ3v) is 4.26. The third kappa shape index (κ3) is 3.92. The molecule has 0 spiro atoms. The van der Waals surface area contributed by atoms with Gasteiger partial charge < -0.3 is 5.32 Å². The van der Waals surface area contributed by atoms with Crippen LogP contribution in [0.5, 0.6) is 0 Å². The summed E-state index contributed by atoms with van der Waals surface area (Å²) >= 11 is 1.47. The van der Waals surface area contributed by atoms with Crippen LogP contribution in [0, 0.1) is 32.1 Å². The second-order valence-corrected chi connectivity index (χ2v) is 6.34. The Bertz CT molecular complexity index is 710. The Morgan fingerprint density at radius 3 is 2.86 bits per heavy atom. The first-order valence-corrected chi connectivity index (χ1v) is 7.95. The molecule has 0 saturated carbocycles. The van der Waals surface area contributed by atoms with Crippen LogP contribution in [0.3, 0.4) is 0 Å². The Morgan fingerprint density at radius 1 is 1.45 bits per heavy atom. The predicted octanol–water partition coefficient (Wildman–Crippen LogP) is 2.75. The molecule has 0 atom stereocenters. The zero-order valence-corrected chi connectivity index (χ0v) is 13.8. The summed E-state index contributed by atoms with van der Waals surface area (Å²) in [5, 5.41) is 16.6. The Morgan fingerprint density at radius 2 is 2.23 bits per heavy atom. The molecule has 0 aliphatic heterocycles. The van der Waals surface area contributed by atoms with E-state index in [9.17, 15) is 4.79 Å². The van der Waals surface area contributed by atoms with E-state index < -0.39 is 0 Å². The van der Waals surface area contributed by atoms with E-state index in [1.807, 2.05) is 25.5 Å². The van der Waals surface area contributed by atoms with E-state index in [1.165, 1.54) is 11.3 Å². The van der Waals surface area contributed by atoms with Gasteiger partial charge in [0.1, 0.15) is 0 Å². The van der Waals surface area contributed by atoms with Crippen molar-refractivity contribution in [3.05, 3.63) is 28.0 Å². The van der Waals surface area contributed by atoms with Crippen molar-refractivity contribution in [1.82, 2.24) is 14.8 Å². The van der Waals surface area contributed by atoms with Crippen molar-refractivity contribution < 1.29 is 4.79 Å². The Balaban J connectivity index is 1.95. The molecule has 0 unspecified atom stereocenters. The topological polar surface area (TPSA) is 83.6 Å². The molecular formula is C15H19N5OS. The smallest absolute Gasteiger partial charge is 0.226 e. The number of carbonyl (C=O) groups excluding carboxylic acids is 1. The molecule has 0 bridgehead atoms. The summed E-state index contributed by atoms with van der Waals surface area (Å²) in [6.07, 6.45) is 3.21. The summed E-state index contributed by atoms with van der Waals surface area (Å²) in [5.41, 5.74) is 3.04. The van der Waals surface area contributed by atoms with Crippen LogP contribution in [-0.2, 0) is 17.8 Å². The van der Waals surface area contributed by atoms with Gasteiger partial charge in [0.05, 0.1) is 24.7 Å². The maximum atomic E-state index is 12.0. The van der Waals surface area contributed by atoms with E-state index in [-0.39, 0.29) is 5.91 Å². The van der Waals surface area contributed by atoms with E-state index in [4.69, 9.17) is 5.26 Å². The first-order valence-electron chi connectivity index (χ1n) is 7.13. The third-order valence-electron chi connectivity index (χ3n) is 3.44. The van der Waals surface area contributed by atoms with Gasteiger partial charge in [-0.3, -0.25) is 9.48 Å². The summed E-state index contributed by atoms with van der Waals surface area (Å²) in [6.45, 7) is 6.46. The van der Waals surface area contributed by atoms with Gasteiger partial charge in [0.25, 0.3) is 0 Å².